The zero-order chi connectivity index (χ0) is 21.4. The molecule has 158 valence electrons. The largest absolute Gasteiger partial charge is 0.489 e. The highest BCUT2D eigenvalue weighted by Gasteiger charge is 2.21. The first-order valence-electron chi connectivity index (χ1n) is 10.1. The van der Waals surface area contributed by atoms with Crippen molar-refractivity contribution in [2.75, 3.05) is 6.61 Å². The molecule has 0 saturated carbocycles. The van der Waals surface area contributed by atoms with Crippen molar-refractivity contribution in [3.8, 4) is 5.75 Å². The lowest BCUT2D eigenvalue weighted by Crippen LogP contribution is -2.43. The molecular weight excluding hydrogens is 414 g/mol. The highest BCUT2D eigenvalue weighted by molar-refractivity contribution is 7.99. The molecular formula is C25H28ClNO2S. The number of aryl methyl sites for hydroxylation is 1. The van der Waals surface area contributed by atoms with E-state index in [-0.39, 0.29) is 6.61 Å². The number of hydrogen-bond acceptors (Lipinski definition) is 4. The van der Waals surface area contributed by atoms with Crippen LogP contribution >= 0.6 is 23.4 Å². The molecule has 1 atom stereocenters. The normalized spacial score (nSPS) is 13.1. The number of rotatable bonds is 10. The van der Waals surface area contributed by atoms with Crippen LogP contribution in [0.25, 0.3) is 0 Å². The maximum Gasteiger partial charge on any atom is 0.120 e. The van der Waals surface area contributed by atoms with Crippen molar-refractivity contribution in [2.45, 2.75) is 48.1 Å². The van der Waals surface area contributed by atoms with Crippen LogP contribution < -0.4 is 10.5 Å². The van der Waals surface area contributed by atoms with E-state index in [9.17, 15) is 5.11 Å². The van der Waals surface area contributed by atoms with Gasteiger partial charge in [0.15, 0.2) is 0 Å². The van der Waals surface area contributed by atoms with E-state index in [1.165, 1.54) is 0 Å². The quantitative estimate of drug-likeness (QED) is 0.399. The van der Waals surface area contributed by atoms with E-state index >= 15 is 0 Å². The molecule has 3 nitrogen and oxygen atoms in total. The van der Waals surface area contributed by atoms with E-state index in [1.54, 1.807) is 11.8 Å². The predicted octanol–water partition coefficient (Wildman–Crippen LogP) is 6.10. The van der Waals surface area contributed by atoms with Gasteiger partial charge in [0.25, 0.3) is 0 Å². The monoisotopic (exact) mass is 441 g/mol. The van der Waals surface area contributed by atoms with Crippen LogP contribution in [0.5, 0.6) is 5.75 Å². The van der Waals surface area contributed by atoms with E-state index in [2.05, 4.69) is 24.3 Å². The molecule has 0 aromatic heterocycles. The van der Waals surface area contributed by atoms with Gasteiger partial charge in [0, 0.05) is 20.4 Å². The Kier molecular flexibility index (Phi) is 8.23. The minimum absolute atomic E-state index is 0.0161. The first kappa shape index (κ1) is 22.7. The summed E-state index contributed by atoms with van der Waals surface area (Å²) in [5.41, 5.74) is 7.84. The average molecular weight is 442 g/mol. The summed E-state index contributed by atoms with van der Waals surface area (Å²) in [4.78, 5) is 2.16. The van der Waals surface area contributed by atoms with Gasteiger partial charge in [-0.3, -0.25) is 0 Å². The van der Waals surface area contributed by atoms with Gasteiger partial charge in [-0.05, 0) is 60.7 Å². The molecule has 0 heterocycles. The Balaban J connectivity index is 1.61. The van der Waals surface area contributed by atoms with Crippen molar-refractivity contribution >= 4 is 23.4 Å². The van der Waals surface area contributed by atoms with E-state index in [1.807, 2.05) is 55.5 Å². The van der Waals surface area contributed by atoms with Gasteiger partial charge in [-0.2, -0.15) is 0 Å². The molecule has 3 rings (SSSR count). The summed E-state index contributed by atoms with van der Waals surface area (Å²) >= 11 is 8.17. The number of hydrogen-bond donors (Lipinski definition) is 2. The summed E-state index contributed by atoms with van der Waals surface area (Å²) in [6.07, 6.45) is 2.18. The molecule has 30 heavy (non-hydrogen) atoms. The highest BCUT2D eigenvalue weighted by atomic mass is 35.5. The van der Waals surface area contributed by atoms with Crippen LogP contribution in [-0.2, 0) is 13.0 Å². The Morgan fingerprint density at radius 3 is 2.47 bits per heavy atom. The lowest BCUT2D eigenvalue weighted by atomic mass is 9.90. The maximum absolute atomic E-state index is 9.49. The summed E-state index contributed by atoms with van der Waals surface area (Å²) in [6, 6.07) is 24.3. The minimum atomic E-state index is -0.545. The smallest absolute Gasteiger partial charge is 0.120 e. The number of benzene rings is 3. The molecule has 0 amide bonds. The molecule has 0 bridgehead atoms. The molecule has 0 aliphatic heterocycles. The van der Waals surface area contributed by atoms with Crippen LogP contribution in [0.1, 0.15) is 30.9 Å². The number of aliphatic hydroxyl groups excluding tert-OH is 1. The number of ether oxygens (including phenoxy) is 1. The second-order valence-corrected chi connectivity index (χ2v) is 9.03. The third-order valence-corrected chi connectivity index (χ3v) is 6.56. The van der Waals surface area contributed by atoms with Crippen molar-refractivity contribution in [3.05, 3.63) is 88.9 Å². The topological polar surface area (TPSA) is 55.5 Å². The molecule has 3 aromatic carbocycles. The number of nitrogens with two attached hydrogens (primary N) is 1. The van der Waals surface area contributed by atoms with Crippen LogP contribution in [0.4, 0.5) is 0 Å². The van der Waals surface area contributed by atoms with Gasteiger partial charge < -0.3 is 15.6 Å². The lowest BCUT2D eigenvalue weighted by molar-refractivity contribution is 0.183. The predicted molar refractivity (Wildman–Crippen MR) is 125 cm³/mol. The van der Waals surface area contributed by atoms with E-state index in [0.29, 0.717) is 13.0 Å². The molecule has 0 aliphatic rings. The molecule has 3 aromatic rings. The van der Waals surface area contributed by atoms with Crippen LogP contribution in [0.2, 0.25) is 5.02 Å². The average Bonchev–Trinajstić information content (AvgIpc) is 2.78. The van der Waals surface area contributed by atoms with Gasteiger partial charge in [-0.1, -0.05) is 72.8 Å². The second kappa shape index (κ2) is 10.9. The van der Waals surface area contributed by atoms with Crippen LogP contribution in [0, 0.1) is 0 Å². The zero-order valence-electron chi connectivity index (χ0n) is 17.2. The second-order valence-electron chi connectivity index (χ2n) is 7.48. The Bertz CT molecular complexity index is 945. The van der Waals surface area contributed by atoms with Gasteiger partial charge in [0.1, 0.15) is 12.4 Å². The molecule has 3 N–H and O–H groups in total. The summed E-state index contributed by atoms with van der Waals surface area (Å²) in [5.74, 6) is 0.842. The summed E-state index contributed by atoms with van der Waals surface area (Å²) in [5, 5.41) is 10.2. The molecule has 0 fully saturated rings. The molecule has 5 heteroatoms. The Hall–Kier alpha value is -1.98. The van der Waals surface area contributed by atoms with Gasteiger partial charge in [0.05, 0.1) is 6.61 Å². The van der Waals surface area contributed by atoms with E-state index in [4.69, 9.17) is 22.1 Å². The van der Waals surface area contributed by atoms with Crippen molar-refractivity contribution in [3.63, 3.8) is 0 Å². The summed E-state index contributed by atoms with van der Waals surface area (Å²) < 4.78 is 5.93. The minimum Gasteiger partial charge on any atom is -0.489 e. The number of aliphatic hydroxyl groups is 1. The zero-order valence-corrected chi connectivity index (χ0v) is 18.8. The molecule has 0 spiro atoms. The molecule has 0 unspecified atom stereocenters. The van der Waals surface area contributed by atoms with Gasteiger partial charge >= 0.3 is 0 Å². The maximum atomic E-state index is 9.49. The Labute approximate surface area is 188 Å². The fraction of sp³-hybridized carbons (Fsp3) is 0.280. The van der Waals surface area contributed by atoms with Crippen molar-refractivity contribution in [2.24, 2.45) is 5.73 Å². The fourth-order valence-corrected chi connectivity index (χ4v) is 4.30. The Morgan fingerprint density at radius 1 is 1.00 bits per heavy atom. The fourth-order valence-electron chi connectivity index (χ4n) is 3.05. The van der Waals surface area contributed by atoms with Crippen molar-refractivity contribution in [1.82, 2.24) is 0 Å². The SMILES string of the molecule is CC[C@@](N)(CO)CCc1ccc(Sc2cccc(OCc3ccccc3)c2)cc1Cl. The molecule has 0 radical (unpaired) electrons. The Morgan fingerprint density at radius 2 is 1.77 bits per heavy atom. The van der Waals surface area contributed by atoms with Crippen LogP contribution in [-0.4, -0.2) is 17.3 Å². The van der Waals surface area contributed by atoms with Gasteiger partial charge in [-0.25, -0.2) is 0 Å². The van der Waals surface area contributed by atoms with Crippen LogP contribution in [0.15, 0.2) is 82.6 Å². The summed E-state index contributed by atoms with van der Waals surface area (Å²) in [7, 11) is 0. The summed E-state index contributed by atoms with van der Waals surface area (Å²) in [6.45, 7) is 2.52. The van der Waals surface area contributed by atoms with Crippen molar-refractivity contribution < 1.29 is 9.84 Å². The van der Waals surface area contributed by atoms with E-state index in [0.717, 1.165) is 44.5 Å². The standard InChI is InChI=1S/C25H28ClNO2S/c1-2-25(27,18-28)14-13-20-11-12-23(16-24(20)26)30-22-10-6-9-21(15-22)29-17-19-7-4-3-5-8-19/h3-12,15-16,28H,2,13-14,17-18,27H2,1H3/t25-/m0/s1. The molecule has 0 aliphatic carbocycles. The third kappa shape index (κ3) is 6.51. The molecule has 0 saturated heterocycles. The highest BCUT2D eigenvalue weighted by Crippen LogP contribution is 2.33. The van der Waals surface area contributed by atoms with Gasteiger partial charge in [0.2, 0.25) is 0 Å². The number of halogens is 1. The first-order valence-corrected chi connectivity index (χ1v) is 11.3. The van der Waals surface area contributed by atoms with Crippen LogP contribution in [0.3, 0.4) is 0 Å². The lowest BCUT2D eigenvalue weighted by Gasteiger charge is -2.25. The van der Waals surface area contributed by atoms with E-state index < -0.39 is 5.54 Å². The first-order chi connectivity index (χ1) is 14.5. The third-order valence-electron chi connectivity index (χ3n) is 5.23. The van der Waals surface area contributed by atoms with Gasteiger partial charge in [-0.15, -0.1) is 0 Å². The van der Waals surface area contributed by atoms with Crippen molar-refractivity contribution in [1.29, 1.82) is 0 Å².